The van der Waals surface area contributed by atoms with Crippen LogP contribution in [-0.2, 0) is 0 Å². The lowest BCUT2D eigenvalue weighted by molar-refractivity contribution is 0.0697. The molecule has 1 saturated heterocycles. The summed E-state index contributed by atoms with van der Waals surface area (Å²) in [5.74, 6) is 1.33. The molecule has 1 aliphatic heterocycles. The number of amides is 1. The van der Waals surface area contributed by atoms with Crippen LogP contribution in [0.3, 0.4) is 0 Å². The number of aromatic nitrogens is 1. The van der Waals surface area contributed by atoms with E-state index in [0.717, 1.165) is 25.9 Å². The molecule has 0 aliphatic carbocycles. The number of carbonyl (C=O) groups excluding carboxylic acids is 1. The van der Waals surface area contributed by atoms with Crippen molar-refractivity contribution in [3.63, 3.8) is 0 Å². The summed E-state index contributed by atoms with van der Waals surface area (Å²) in [6, 6.07) is 10.7. The number of piperidine rings is 1. The fourth-order valence-corrected chi connectivity index (χ4v) is 3.34. The van der Waals surface area contributed by atoms with Gasteiger partial charge in [-0.25, -0.2) is 4.98 Å². The Morgan fingerprint density at radius 3 is 2.69 bits per heavy atom. The van der Waals surface area contributed by atoms with Gasteiger partial charge in [0.2, 0.25) is 0 Å². The smallest absolute Gasteiger partial charge is 0.255 e. The Balaban J connectivity index is 1.56. The molecule has 1 aromatic carbocycles. The van der Waals surface area contributed by atoms with Crippen LogP contribution in [0.1, 0.15) is 41.8 Å². The maximum Gasteiger partial charge on any atom is 0.255 e. The number of rotatable bonds is 5. The molecule has 1 fully saturated rings. The maximum atomic E-state index is 12.5. The molecule has 0 radical (unpaired) electrons. The lowest BCUT2D eigenvalue weighted by Crippen LogP contribution is -2.37. The van der Waals surface area contributed by atoms with Crippen molar-refractivity contribution in [3.05, 3.63) is 58.7 Å². The van der Waals surface area contributed by atoms with E-state index in [4.69, 9.17) is 11.6 Å². The summed E-state index contributed by atoms with van der Waals surface area (Å²) in [7, 11) is 0. The SMILES string of the molecule is CC1CCN(C(=O)c2ccc(NCC(O)c3ccccc3Cl)nc2)CC1. The molecule has 1 amide bonds. The van der Waals surface area contributed by atoms with E-state index in [9.17, 15) is 9.90 Å². The third-order valence-electron chi connectivity index (χ3n) is 4.82. The van der Waals surface area contributed by atoms with E-state index < -0.39 is 6.10 Å². The summed E-state index contributed by atoms with van der Waals surface area (Å²) in [6.45, 7) is 4.13. The minimum atomic E-state index is -0.734. The van der Waals surface area contributed by atoms with Gasteiger partial charge in [-0.3, -0.25) is 4.79 Å². The lowest BCUT2D eigenvalue weighted by atomic mass is 9.99. The zero-order valence-corrected chi connectivity index (χ0v) is 15.6. The average molecular weight is 374 g/mol. The molecular weight excluding hydrogens is 350 g/mol. The van der Waals surface area contributed by atoms with Gasteiger partial charge in [-0.05, 0) is 37.0 Å². The molecule has 26 heavy (non-hydrogen) atoms. The Kier molecular flexibility index (Phi) is 6.12. The first kappa shape index (κ1) is 18.7. The summed E-state index contributed by atoms with van der Waals surface area (Å²) >= 11 is 6.09. The number of hydrogen-bond donors (Lipinski definition) is 2. The first-order valence-electron chi connectivity index (χ1n) is 8.96. The number of pyridine rings is 1. The first-order chi connectivity index (χ1) is 12.5. The van der Waals surface area contributed by atoms with E-state index in [1.807, 2.05) is 17.0 Å². The van der Waals surface area contributed by atoms with E-state index in [-0.39, 0.29) is 12.5 Å². The molecule has 0 saturated carbocycles. The van der Waals surface area contributed by atoms with Crippen LogP contribution >= 0.6 is 11.6 Å². The molecule has 1 unspecified atom stereocenters. The van der Waals surface area contributed by atoms with Crippen molar-refractivity contribution in [2.24, 2.45) is 5.92 Å². The highest BCUT2D eigenvalue weighted by molar-refractivity contribution is 6.31. The lowest BCUT2D eigenvalue weighted by Gasteiger charge is -2.30. The number of aliphatic hydroxyl groups excluding tert-OH is 1. The Morgan fingerprint density at radius 2 is 2.04 bits per heavy atom. The molecule has 2 aromatic rings. The number of likely N-dealkylation sites (tertiary alicyclic amines) is 1. The van der Waals surface area contributed by atoms with Gasteiger partial charge < -0.3 is 15.3 Å². The number of halogens is 1. The van der Waals surface area contributed by atoms with Gasteiger partial charge in [-0.1, -0.05) is 36.7 Å². The number of aliphatic hydroxyl groups is 1. The van der Waals surface area contributed by atoms with Gasteiger partial charge in [-0.2, -0.15) is 0 Å². The largest absolute Gasteiger partial charge is 0.387 e. The molecule has 2 heterocycles. The summed E-state index contributed by atoms with van der Waals surface area (Å²) in [5.41, 5.74) is 1.27. The zero-order valence-electron chi connectivity index (χ0n) is 14.9. The fourth-order valence-electron chi connectivity index (χ4n) is 3.08. The Hall–Kier alpha value is -2.11. The van der Waals surface area contributed by atoms with Crippen LogP contribution in [0.5, 0.6) is 0 Å². The number of benzene rings is 1. The predicted octanol–water partition coefficient (Wildman–Crippen LogP) is 3.75. The number of anilines is 1. The summed E-state index contributed by atoms with van der Waals surface area (Å²) in [6.07, 6.45) is 2.96. The van der Waals surface area contributed by atoms with Gasteiger partial charge >= 0.3 is 0 Å². The van der Waals surface area contributed by atoms with Crippen molar-refractivity contribution in [2.75, 3.05) is 25.0 Å². The molecule has 0 bridgehead atoms. The molecule has 1 aromatic heterocycles. The van der Waals surface area contributed by atoms with Crippen LogP contribution in [0.4, 0.5) is 5.82 Å². The van der Waals surface area contributed by atoms with Gasteiger partial charge in [0.1, 0.15) is 5.82 Å². The van der Waals surface area contributed by atoms with E-state index >= 15 is 0 Å². The Labute approximate surface area is 159 Å². The van der Waals surface area contributed by atoms with Gasteiger partial charge in [0, 0.05) is 36.4 Å². The predicted molar refractivity (Wildman–Crippen MR) is 103 cm³/mol. The van der Waals surface area contributed by atoms with Crippen LogP contribution in [0, 0.1) is 5.92 Å². The van der Waals surface area contributed by atoms with E-state index in [0.29, 0.717) is 27.9 Å². The van der Waals surface area contributed by atoms with Crippen molar-refractivity contribution >= 4 is 23.3 Å². The average Bonchev–Trinajstić information content (AvgIpc) is 2.67. The maximum absolute atomic E-state index is 12.5. The quantitative estimate of drug-likeness (QED) is 0.837. The van der Waals surface area contributed by atoms with Crippen molar-refractivity contribution in [1.82, 2.24) is 9.88 Å². The third kappa shape index (κ3) is 4.54. The standard InChI is InChI=1S/C20H24ClN3O2/c1-14-8-10-24(11-9-14)20(26)15-6-7-19(22-12-15)23-13-18(25)16-4-2-3-5-17(16)21/h2-7,12,14,18,25H,8-11,13H2,1H3,(H,22,23). The van der Waals surface area contributed by atoms with Crippen molar-refractivity contribution in [2.45, 2.75) is 25.9 Å². The van der Waals surface area contributed by atoms with Gasteiger partial charge in [0.05, 0.1) is 11.7 Å². The van der Waals surface area contributed by atoms with Crippen LogP contribution in [0.2, 0.25) is 5.02 Å². The van der Waals surface area contributed by atoms with Crippen LogP contribution in [0.25, 0.3) is 0 Å². The monoisotopic (exact) mass is 373 g/mol. The molecule has 1 atom stereocenters. The summed E-state index contributed by atoms with van der Waals surface area (Å²) < 4.78 is 0. The highest BCUT2D eigenvalue weighted by atomic mass is 35.5. The minimum Gasteiger partial charge on any atom is -0.387 e. The normalized spacial score (nSPS) is 16.3. The van der Waals surface area contributed by atoms with Crippen LogP contribution in [0.15, 0.2) is 42.6 Å². The summed E-state index contributed by atoms with van der Waals surface area (Å²) in [4.78, 5) is 18.7. The number of nitrogens with one attached hydrogen (secondary N) is 1. The first-order valence-corrected chi connectivity index (χ1v) is 9.34. The van der Waals surface area contributed by atoms with Crippen molar-refractivity contribution in [1.29, 1.82) is 0 Å². The minimum absolute atomic E-state index is 0.0343. The molecular formula is C20H24ClN3O2. The topological polar surface area (TPSA) is 65.5 Å². The molecule has 2 N–H and O–H groups in total. The molecule has 138 valence electrons. The fraction of sp³-hybridized carbons (Fsp3) is 0.400. The number of carbonyl (C=O) groups is 1. The molecule has 5 nitrogen and oxygen atoms in total. The zero-order chi connectivity index (χ0) is 18.5. The third-order valence-corrected chi connectivity index (χ3v) is 5.17. The van der Waals surface area contributed by atoms with Gasteiger partial charge in [0.15, 0.2) is 0 Å². The van der Waals surface area contributed by atoms with Gasteiger partial charge in [-0.15, -0.1) is 0 Å². The Bertz CT molecular complexity index is 743. The van der Waals surface area contributed by atoms with Crippen LogP contribution < -0.4 is 5.32 Å². The van der Waals surface area contributed by atoms with E-state index in [2.05, 4.69) is 17.2 Å². The Morgan fingerprint density at radius 1 is 1.31 bits per heavy atom. The van der Waals surface area contributed by atoms with Crippen LogP contribution in [-0.4, -0.2) is 40.5 Å². The molecule has 0 spiro atoms. The van der Waals surface area contributed by atoms with Crippen molar-refractivity contribution in [3.8, 4) is 0 Å². The number of nitrogens with zero attached hydrogens (tertiary/aromatic N) is 2. The summed E-state index contributed by atoms with van der Waals surface area (Å²) in [5, 5.41) is 13.9. The van der Waals surface area contributed by atoms with E-state index in [1.165, 1.54) is 0 Å². The molecule has 3 rings (SSSR count). The van der Waals surface area contributed by atoms with Crippen molar-refractivity contribution < 1.29 is 9.90 Å². The second-order valence-electron chi connectivity index (χ2n) is 6.83. The number of hydrogen-bond acceptors (Lipinski definition) is 4. The van der Waals surface area contributed by atoms with Gasteiger partial charge in [0.25, 0.3) is 5.91 Å². The highest BCUT2D eigenvalue weighted by Gasteiger charge is 2.21. The highest BCUT2D eigenvalue weighted by Crippen LogP contribution is 2.23. The molecule has 6 heteroatoms. The van der Waals surface area contributed by atoms with E-state index in [1.54, 1.807) is 30.5 Å². The second kappa shape index (κ2) is 8.52. The molecule has 1 aliphatic rings. The second-order valence-corrected chi connectivity index (χ2v) is 7.23.